The number of aliphatic hydroxyl groups is 1. The Morgan fingerprint density at radius 3 is 2.25 bits per heavy atom. The summed E-state index contributed by atoms with van der Waals surface area (Å²) in [5, 5.41) is 11.4. The van der Waals surface area contributed by atoms with Crippen LogP contribution in [-0.2, 0) is 9.59 Å². The summed E-state index contributed by atoms with van der Waals surface area (Å²) in [4.78, 5) is 26.7. The molecule has 0 aliphatic carbocycles. The fourth-order valence-corrected chi connectivity index (χ4v) is 4.36. The molecule has 0 spiro atoms. The summed E-state index contributed by atoms with van der Waals surface area (Å²) >= 11 is 6.07. The van der Waals surface area contributed by atoms with E-state index in [1.54, 1.807) is 19.1 Å². The summed E-state index contributed by atoms with van der Waals surface area (Å²) in [7, 11) is 0. The van der Waals surface area contributed by atoms with Gasteiger partial charge in [-0.05, 0) is 50.6 Å². The largest absolute Gasteiger partial charge is 0.512 e. The summed E-state index contributed by atoms with van der Waals surface area (Å²) < 4.78 is 0. The van der Waals surface area contributed by atoms with E-state index in [1.807, 2.05) is 49.4 Å². The number of ketones is 2. The first kappa shape index (κ1) is 20.2. The van der Waals surface area contributed by atoms with Crippen molar-refractivity contribution in [2.75, 3.05) is 4.90 Å². The Labute approximate surface area is 170 Å². The van der Waals surface area contributed by atoms with Gasteiger partial charge in [0.15, 0.2) is 5.78 Å². The van der Waals surface area contributed by atoms with E-state index < -0.39 is 11.6 Å². The SMILES string of the molecule is CC(=O)CC1(C)CC(O)=C(C(C)=O)C(c2ccc(Cl)cc2)N1c1ccccc1. The summed E-state index contributed by atoms with van der Waals surface area (Å²) in [5.74, 6) is -0.121. The molecule has 2 atom stereocenters. The van der Waals surface area contributed by atoms with E-state index in [0.717, 1.165) is 11.3 Å². The number of hydrogen-bond donors (Lipinski definition) is 1. The predicted octanol–water partition coefficient (Wildman–Crippen LogP) is 5.43. The number of anilines is 1. The summed E-state index contributed by atoms with van der Waals surface area (Å²) in [6.45, 7) is 4.97. The Balaban J connectivity index is 2.28. The Morgan fingerprint density at radius 2 is 1.71 bits per heavy atom. The monoisotopic (exact) mass is 397 g/mol. The van der Waals surface area contributed by atoms with Crippen molar-refractivity contribution in [2.45, 2.75) is 45.2 Å². The van der Waals surface area contributed by atoms with Crippen LogP contribution in [0.4, 0.5) is 5.69 Å². The molecule has 146 valence electrons. The van der Waals surface area contributed by atoms with Crippen LogP contribution in [0.25, 0.3) is 0 Å². The van der Waals surface area contributed by atoms with Gasteiger partial charge in [-0.1, -0.05) is 41.9 Å². The molecular weight excluding hydrogens is 374 g/mol. The van der Waals surface area contributed by atoms with E-state index in [2.05, 4.69) is 4.90 Å². The molecule has 3 rings (SSSR count). The molecule has 0 radical (unpaired) electrons. The second-order valence-electron chi connectivity index (χ2n) is 7.63. The van der Waals surface area contributed by atoms with Crippen molar-refractivity contribution in [1.29, 1.82) is 0 Å². The maximum absolute atomic E-state index is 12.5. The van der Waals surface area contributed by atoms with Crippen LogP contribution >= 0.6 is 11.6 Å². The number of halogens is 1. The van der Waals surface area contributed by atoms with Gasteiger partial charge >= 0.3 is 0 Å². The van der Waals surface area contributed by atoms with Crippen LogP contribution in [0.1, 0.15) is 45.2 Å². The molecule has 2 aromatic carbocycles. The predicted molar refractivity (Wildman–Crippen MR) is 112 cm³/mol. The number of rotatable bonds is 5. The summed E-state index contributed by atoms with van der Waals surface area (Å²) in [6, 6.07) is 16.4. The molecule has 0 saturated carbocycles. The van der Waals surface area contributed by atoms with E-state index >= 15 is 0 Å². The van der Waals surface area contributed by atoms with Gasteiger partial charge in [-0.15, -0.1) is 0 Å². The molecule has 2 unspecified atom stereocenters. The highest BCUT2D eigenvalue weighted by molar-refractivity contribution is 6.30. The van der Waals surface area contributed by atoms with Gasteiger partial charge in [-0.3, -0.25) is 9.59 Å². The van der Waals surface area contributed by atoms with E-state index in [9.17, 15) is 14.7 Å². The summed E-state index contributed by atoms with van der Waals surface area (Å²) in [6.07, 6.45) is 0.474. The minimum Gasteiger partial charge on any atom is -0.512 e. The number of aliphatic hydroxyl groups excluding tert-OH is 1. The maximum atomic E-state index is 12.5. The van der Waals surface area contributed by atoms with Crippen molar-refractivity contribution in [3.05, 3.63) is 76.5 Å². The number of carbonyl (C=O) groups is 2. The zero-order valence-electron chi connectivity index (χ0n) is 16.3. The van der Waals surface area contributed by atoms with Crippen LogP contribution in [0, 0.1) is 0 Å². The van der Waals surface area contributed by atoms with E-state index in [4.69, 9.17) is 11.6 Å². The van der Waals surface area contributed by atoms with Gasteiger partial charge in [0, 0.05) is 23.6 Å². The van der Waals surface area contributed by atoms with Crippen LogP contribution in [0.5, 0.6) is 0 Å². The third-order valence-electron chi connectivity index (χ3n) is 5.20. The Hall–Kier alpha value is -2.59. The Kier molecular flexibility index (Phi) is 5.61. The zero-order chi connectivity index (χ0) is 20.5. The number of nitrogens with zero attached hydrogens (tertiary/aromatic N) is 1. The number of benzene rings is 2. The third-order valence-corrected chi connectivity index (χ3v) is 5.45. The highest BCUT2D eigenvalue weighted by Crippen LogP contribution is 2.47. The van der Waals surface area contributed by atoms with Gasteiger partial charge < -0.3 is 10.0 Å². The highest BCUT2D eigenvalue weighted by Gasteiger charge is 2.46. The second-order valence-corrected chi connectivity index (χ2v) is 8.07. The van der Waals surface area contributed by atoms with Crippen LogP contribution in [0.3, 0.4) is 0 Å². The van der Waals surface area contributed by atoms with Crippen LogP contribution in [0.2, 0.25) is 5.02 Å². The van der Waals surface area contributed by atoms with Crippen molar-refractivity contribution in [1.82, 2.24) is 0 Å². The highest BCUT2D eigenvalue weighted by atomic mass is 35.5. The van der Waals surface area contributed by atoms with Gasteiger partial charge in [-0.2, -0.15) is 0 Å². The van der Waals surface area contributed by atoms with E-state index in [1.165, 1.54) is 6.92 Å². The standard InChI is InChI=1S/C23H24ClNO3/c1-15(26)13-23(3)14-20(28)21(16(2)27)22(17-9-11-18(24)12-10-17)25(23)19-7-5-4-6-8-19/h4-12,22,28H,13-14H2,1-3H3. The van der Waals surface area contributed by atoms with Gasteiger partial charge in [0.2, 0.25) is 0 Å². The lowest BCUT2D eigenvalue weighted by atomic mass is 9.77. The van der Waals surface area contributed by atoms with Crippen LogP contribution in [0.15, 0.2) is 65.9 Å². The van der Waals surface area contributed by atoms with Crippen molar-refractivity contribution >= 4 is 28.9 Å². The molecule has 1 aliphatic heterocycles. The van der Waals surface area contributed by atoms with Gasteiger partial charge in [0.25, 0.3) is 0 Å². The molecular formula is C23H24ClNO3. The Morgan fingerprint density at radius 1 is 1.11 bits per heavy atom. The molecule has 5 heteroatoms. The normalized spacial score (nSPS) is 22.3. The smallest absolute Gasteiger partial charge is 0.161 e. The molecule has 0 aromatic heterocycles. The molecule has 4 nitrogen and oxygen atoms in total. The fraction of sp³-hybridized carbons (Fsp3) is 0.304. The topological polar surface area (TPSA) is 57.6 Å². The maximum Gasteiger partial charge on any atom is 0.161 e. The number of hydrogen-bond acceptors (Lipinski definition) is 4. The minimum atomic E-state index is -0.680. The molecule has 28 heavy (non-hydrogen) atoms. The molecule has 1 heterocycles. The van der Waals surface area contributed by atoms with E-state index in [-0.39, 0.29) is 30.2 Å². The molecule has 0 saturated heterocycles. The molecule has 1 aliphatic rings. The minimum absolute atomic E-state index is 0.0253. The van der Waals surface area contributed by atoms with Crippen molar-refractivity contribution in [3.63, 3.8) is 0 Å². The number of carbonyl (C=O) groups excluding carboxylic acids is 2. The van der Waals surface area contributed by atoms with Crippen molar-refractivity contribution < 1.29 is 14.7 Å². The Bertz CT molecular complexity index is 921. The van der Waals surface area contributed by atoms with Gasteiger partial charge in [-0.25, -0.2) is 0 Å². The molecule has 2 aromatic rings. The average molecular weight is 398 g/mol. The van der Waals surface area contributed by atoms with Crippen LogP contribution in [-0.4, -0.2) is 22.2 Å². The van der Waals surface area contributed by atoms with Crippen molar-refractivity contribution in [2.24, 2.45) is 0 Å². The first-order valence-corrected chi connectivity index (χ1v) is 9.63. The number of Topliss-reactive ketones (excluding diaryl/α,β-unsaturated/α-hetero) is 2. The molecule has 1 N–H and O–H groups in total. The fourth-order valence-electron chi connectivity index (χ4n) is 4.23. The quantitative estimate of drug-likeness (QED) is 0.730. The van der Waals surface area contributed by atoms with E-state index in [0.29, 0.717) is 10.6 Å². The summed E-state index contributed by atoms with van der Waals surface area (Å²) in [5.41, 5.74) is 1.39. The van der Waals surface area contributed by atoms with Crippen LogP contribution < -0.4 is 4.90 Å². The molecule has 0 bridgehead atoms. The zero-order valence-corrected chi connectivity index (χ0v) is 17.0. The lowest BCUT2D eigenvalue weighted by Gasteiger charge is -2.51. The first-order valence-electron chi connectivity index (χ1n) is 9.25. The first-order chi connectivity index (χ1) is 13.2. The lowest BCUT2D eigenvalue weighted by molar-refractivity contribution is -0.118. The van der Waals surface area contributed by atoms with Crippen molar-refractivity contribution in [3.8, 4) is 0 Å². The molecule has 0 fully saturated rings. The lowest BCUT2D eigenvalue weighted by Crippen LogP contribution is -2.54. The number of para-hydroxylation sites is 1. The average Bonchev–Trinajstić information content (AvgIpc) is 2.61. The van der Waals surface area contributed by atoms with Gasteiger partial charge in [0.1, 0.15) is 11.5 Å². The second kappa shape index (κ2) is 7.80. The molecule has 0 amide bonds. The van der Waals surface area contributed by atoms with Gasteiger partial charge in [0.05, 0.1) is 17.2 Å². The third kappa shape index (κ3) is 3.83.